The van der Waals surface area contributed by atoms with Crippen molar-refractivity contribution in [2.45, 2.75) is 25.6 Å². The Hall–Kier alpha value is -4.00. The quantitative estimate of drug-likeness (QED) is 0.147. The van der Waals surface area contributed by atoms with Gasteiger partial charge >= 0.3 is 0 Å². The average Bonchev–Trinajstić information content (AvgIpc) is 3.95. The molecule has 0 aromatic heterocycles. The van der Waals surface area contributed by atoms with Crippen molar-refractivity contribution in [1.82, 2.24) is 0 Å². The zero-order valence-electron chi connectivity index (χ0n) is 23.4. The Morgan fingerprint density at radius 1 is 0.537 bits per heavy atom. The van der Waals surface area contributed by atoms with Gasteiger partial charge in [-0.2, -0.15) is 0 Å². The van der Waals surface area contributed by atoms with Gasteiger partial charge in [-0.25, -0.2) is 0 Å². The van der Waals surface area contributed by atoms with E-state index in [2.05, 4.69) is 55.5 Å². The van der Waals surface area contributed by atoms with E-state index in [1.807, 2.05) is 48.5 Å². The van der Waals surface area contributed by atoms with Crippen molar-refractivity contribution in [3.63, 3.8) is 0 Å². The first-order chi connectivity index (χ1) is 20.2. The van der Waals surface area contributed by atoms with E-state index in [4.69, 9.17) is 28.4 Å². The minimum Gasteiger partial charge on any atom is -0.494 e. The smallest absolute Gasteiger partial charge is 0.119 e. The van der Waals surface area contributed by atoms with Gasteiger partial charge in [0.25, 0.3) is 0 Å². The van der Waals surface area contributed by atoms with Crippen molar-refractivity contribution in [1.29, 1.82) is 0 Å². The lowest BCUT2D eigenvalue weighted by atomic mass is 10.1. The van der Waals surface area contributed by atoms with E-state index in [0.29, 0.717) is 32.3 Å². The molecule has 212 valence electrons. The summed E-state index contributed by atoms with van der Waals surface area (Å²) >= 11 is 0. The molecule has 2 heterocycles. The Balaban J connectivity index is 0.896. The summed E-state index contributed by atoms with van der Waals surface area (Å²) < 4.78 is 33.9. The lowest BCUT2D eigenvalue weighted by Gasteiger charge is -2.14. The topological polar surface area (TPSA) is 62.0 Å². The molecule has 6 rings (SSSR count). The van der Waals surface area contributed by atoms with Crippen LogP contribution in [0.1, 0.15) is 13.3 Å². The van der Waals surface area contributed by atoms with Gasteiger partial charge in [0.2, 0.25) is 0 Å². The van der Waals surface area contributed by atoms with Crippen molar-refractivity contribution in [3.05, 3.63) is 97.1 Å². The summed E-state index contributed by atoms with van der Waals surface area (Å²) in [6.07, 6.45) is 1.44. The maximum absolute atomic E-state index is 6.04. The lowest BCUT2D eigenvalue weighted by Crippen LogP contribution is -2.12. The van der Waals surface area contributed by atoms with Crippen molar-refractivity contribution < 1.29 is 28.4 Å². The molecule has 2 aliphatic heterocycles. The van der Waals surface area contributed by atoms with Crippen molar-refractivity contribution >= 4 is 0 Å². The fourth-order valence-corrected chi connectivity index (χ4v) is 4.38. The first-order valence-electron chi connectivity index (χ1n) is 14.3. The third-order valence-electron chi connectivity index (χ3n) is 7.17. The van der Waals surface area contributed by atoms with Crippen LogP contribution < -0.4 is 18.9 Å². The summed E-state index contributed by atoms with van der Waals surface area (Å²) in [4.78, 5) is 0. The maximum Gasteiger partial charge on any atom is 0.119 e. The zero-order valence-corrected chi connectivity index (χ0v) is 23.4. The molecule has 3 atom stereocenters. The van der Waals surface area contributed by atoms with Crippen molar-refractivity contribution in [3.8, 4) is 45.3 Å². The molecule has 6 heteroatoms. The number of ether oxygens (including phenoxy) is 6. The highest BCUT2D eigenvalue weighted by molar-refractivity contribution is 5.65. The molecule has 0 radical (unpaired) electrons. The van der Waals surface area contributed by atoms with Gasteiger partial charge in [0.15, 0.2) is 0 Å². The summed E-state index contributed by atoms with van der Waals surface area (Å²) in [5.41, 5.74) is 4.58. The molecule has 2 saturated heterocycles. The maximum atomic E-state index is 6.04. The molecule has 0 amide bonds. The highest BCUT2D eigenvalue weighted by Gasteiger charge is 2.23. The van der Waals surface area contributed by atoms with E-state index in [9.17, 15) is 0 Å². The van der Waals surface area contributed by atoms with Crippen LogP contribution in [0.3, 0.4) is 0 Å². The molecule has 4 aromatic rings. The SMILES string of the molecule is CC(CCOc1ccc(-c2ccc(OCC3CO3)cc2)cc1)COc1ccc(-c2ccc(OCC3CO3)cc2)cc1. The van der Waals surface area contributed by atoms with E-state index in [1.54, 1.807) is 0 Å². The largest absolute Gasteiger partial charge is 0.494 e. The monoisotopic (exact) mass is 552 g/mol. The van der Waals surface area contributed by atoms with E-state index in [-0.39, 0.29) is 12.2 Å². The standard InChI is InChI=1S/C35H36O6/c1-25(20-37-31-12-4-27(5-13-31)29-8-16-33(17-9-29)39-22-35-24-41-35)18-19-36-30-10-2-26(3-11-30)28-6-14-32(15-7-28)38-21-34-23-40-34/h2-17,25,34-35H,18-24H2,1H3. The fourth-order valence-electron chi connectivity index (χ4n) is 4.38. The third-order valence-corrected chi connectivity index (χ3v) is 7.17. The van der Waals surface area contributed by atoms with Gasteiger partial charge < -0.3 is 28.4 Å². The van der Waals surface area contributed by atoms with Crippen LogP contribution in [0.25, 0.3) is 22.3 Å². The molecule has 2 aliphatic rings. The third kappa shape index (κ3) is 8.26. The van der Waals surface area contributed by atoms with Crippen LogP contribution in [-0.4, -0.2) is 51.8 Å². The van der Waals surface area contributed by atoms with E-state index >= 15 is 0 Å². The van der Waals surface area contributed by atoms with Crippen LogP contribution >= 0.6 is 0 Å². The number of rotatable bonds is 15. The molecule has 0 bridgehead atoms. The Bertz CT molecular complexity index is 1360. The van der Waals surface area contributed by atoms with E-state index in [1.165, 1.54) is 0 Å². The first-order valence-corrected chi connectivity index (χ1v) is 14.3. The second-order valence-corrected chi connectivity index (χ2v) is 10.7. The summed E-state index contributed by atoms with van der Waals surface area (Å²) in [6.45, 7) is 6.32. The van der Waals surface area contributed by atoms with Crippen LogP contribution in [-0.2, 0) is 9.47 Å². The number of benzene rings is 4. The molecule has 6 nitrogen and oxygen atoms in total. The lowest BCUT2D eigenvalue weighted by molar-refractivity contribution is 0.217. The molecular formula is C35H36O6. The Morgan fingerprint density at radius 3 is 1.24 bits per heavy atom. The Kier molecular flexibility index (Phi) is 8.69. The van der Waals surface area contributed by atoms with Gasteiger partial charge in [0.1, 0.15) is 48.4 Å². The molecule has 0 aliphatic carbocycles. The summed E-state index contributed by atoms with van der Waals surface area (Å²) in [7, 11) is 0. The predicted octanol–water partition coefficient (Wildman–Crippen LogP) is 7.06. The van der Waals surface area contributed by atoms with E-state index < -0.39 is 0 Å². The van der Waals surface area contributed by atoms with Crippen molar-refractivity contribution in [2.24, 2.45) is 5.92 Å². The van der Waals surface area contributed by atoms with Crippen LogP contribution in [0.5, 0.6) is 23.0 Å². The van der Waals surface area contributed by atoms with Gasteiger partial charge in [-0.15, -0.1) is 0 Å². The molecule has 2 fully saturated rings. The predicted molar refractivity (Wildman–Crippen MR) is 159 cm³/mol. The molecular weight excluding hydrogens is 516 g/mol. The van der Waals surface area contributed by atoms with Gasteiger partial charge in [-0.05, 0) is 83.1 Å². The Morgan fingerprint density at radius 2 is 0.878 bits per heavy atom. The van der Waals surface area contributed by atoms with E-state index in [0.717, 1.165) is 64.9 Å². The Labute approximate surface area is 241 Å². The summed E-state index contributed by atoms with van der Waals surface area (Å²) in [5, 5.41) is 0. The van der Waals surface area contributed by atoms with Crippen LogP contribution in [0.15, 0.2) is 97.1 Å². The molecule has 41 heavy (non-hydrogen) atoms. The normalized spacial score (nSPS) is 17.9. The summed E-state index contributed by atoms with van der Waals surface area (Å²) in [5.74, 6) is 3.85. The summed E-state index contributed by atoms with van der Waals surface area (Å²) in [6, 6.07) is 32.8. The molecule has 3 unspecified atom stereocenters. The second kappa shape index (κ2) is 13.1. The van der Waals surface area contributed by atoms with Gasteiger partial charge in [0.05, 0.1) is 26.4 Å². The van der Waals surface area contributed by atoms with Gasteiger partial charge in [0, 0.05) is 0 Å². The molecule has 0 N–H and O–H groups in total. The highest BCUT2D eigenvalue weighted by atomic mass is 16.6. The van der Waals surface area contributed by atoms with Crippen LogP contribution in [0.2, 0.25) is 0 Å². The number of epoxide rings is 2. The molecule has 4 aromatic carbocycles. The highest BCUT2D eigenvalue weighted by Crippen LogP contribution is 2.27. The number of hydrogen-bond donors (Lipinski definition) is 0. The number of hydrogen-bond acceptors (Lipinski definition) is 6. The fraction of sp³-hybridized carbons (Fsp3) is 0.314. The second-order valence-electron chi connectivity index (χ2n) is 10.7. The minimum atomic E-state index is 0.263. The van der Waals surface area contributed by atoms with Gasteiger partial charge in [-0.3, -0.25) is 0 Å². The first kappa shape index (κ1) is 27.2. The average molecular weight is 553 g/mol. The minimum absolute atomic E-state index is 0.263. The zero-order chi connectivity index (χ0) is 27.9. The molecule has 0 spiro atoms. The molecule has 0 saturated carbocycles. The van der Waals surface area contributed by atoms with Gasteiger partial charge in [-0.1, -0.05) is 55.5 Å². The van der Waals surface area contributed by atoms with Crippen LogP contribution in [0, 0.1) is 5.92 Å². The van der Waals surface area contributed by atoms with Crippen LogP contribution in [0.4, 0.5) is 0 Å². The van der Waals surface area contributed by atoms with Crippen molar-refractivity contribution in [2.75, 3.05) is 39.6 Å².